The summed E-state index contributed by atoms with van der Waals surface area (Å²) in [5.41, 5.74) is 0.446. The van der Waals surface area contributed by atoms with E-state index in [0.717, 1.165) is 0 Å². The average Bonchev–Trinajstić information content (AvgIpc) is 2.28. The summed E-state index contributed by atoms with van der Waals surface area (Å²) in [7, 11) is 3.26. The normalized spacial score (nSPS) is 12.5. The van der Waals surface area contributed by atoms with Crippen LogP contribution in [0.5, 0.6) is 0 Å². The molecule has 0 aliphatic heterocycles. The molecule has 0 spiro atoms. The van der Waals surface area contributed by atoms with Gasteiger partial charge in [-0.15, -0.1) is 0 Å². The van der Waals surface area contributed by atoms with Gasteiger partial charge in [0.15, 0.2) is 0 Å². The molecule has 6 nitrogen and oxygen atoms in total. The van der Waals surface area contributed by atoms with E-state index in [1.807, 2.05) is 0 Å². The van der Waals surface area contributed by atoms with Gasteiger partial charge in [-0.1, -0.05) is 11.6 Å². The Balaban J connectivity index is 2.81. The molecule has 1 atom stereocenters. The van der Waals surface area contributed by atoms with Crippen LogP contribution >= 0.6 is 11.6 Å². The van der Waals surface area contributed by atoms with Gasteiger partial charge in [0.2, 0.25) is 0 Å². The van der Waals surface area contributed by atoms with Gasteiger partial charge in [-0.2, -0.15) is 0 Å². The molecular formula is C10H16ClN3O3. The second kappa shape index (κ2) is 6.70. The highest BCUT2D eigenvalue weighted by atomic mass is 35.5. The molecule has 17 heavy (non-hydrogen) atoms. The number of halogens is 1. The van der Waals surface area contributed by atoms with Crippen LogP contribution in [0.2, 0.25) is 5.15 Å². The average molecular weight is 262 g/mol. The SMILES string of the molecule is COCC(O)CN(C)c1ncnc(Cl)c1CO. The first kappa shape index (κ1) is 14.1. The number of aliphatic hydroxyl groups excluding tert-OH is 2. The van der Waals surface area contributed by atoms with Crippen molar-refractivity contribution in [3.8, 4) is 0 Å². The first-order chi connectivity index (χ1) is 8.10. The molecule has 0 aliphatic carbocycles. The number of likely N-dealkylation sites (N-methyl/N-ethyl adjacent to an activating group) is 1. The first-order valence-corrected chi connectivity index (χ1v) is 5.46. The molecule has 0 aliphatic rings. The second-order valence-electron chi connectivity index (χ2n) is 3.61. The third-order valence-corrected chi connectivity index (χ3v) is 2.56. The molecule has 0 radical (unpaired) electrons. The summed E-state index contributed by atoms with van der Waals surface area (Å²) < 4.78 is 4.84. The summed E-state index contributed by atoms with van der Waals surface area (Å²) in [6, 6.07) is 0. The fraction of sp³-hybridized carbons (Fsp3) is 0.600. The Kier molecular flexibility index (Phi) is 5.57. The number of hydrogen-bond acceptors (Lipinski definition) is 6. The van der Waals surface area contributed by atoms with Crippen molar-refractivity contribution in [1.29, 1.82) is 0 Å². The van der Waals surface area contributed by atoms with Crippen molar-refractivity contribution in [3.63, 3.8) is 0 Å². The lowest BCUT2D eigenvalue weighted by molar-refractivity contribution is 0.0693. The molecule has 1 aromatic heterocycles. The van der Waals surface area contributed by atoms with Gasteiger partial charge in [-0.25, -0.2) is 9.97 Å². The zero-order chi connectivity index (χ0) is 12.8. The molecular weight excluding hydrogens is 246 g/mol. The number of methoxy groups -OCH3 is 1. The summed E-state index contributed by atoms with van der Waals surface area (Å²) in [4.78, 5) is 9.53. The molecule has 0 saturated carbocycles. The predicted molar refractivity (Wildman–Crippen MR) is 64.1 cm³/mol. The van der Waals surface area contributed by atoms with Crippen LogP contribution in [0.4, 0.5) is 5.82 Å². The van der Waals surface area contributed by atoms with Gasteiger partial charge < -0.3 is 19.8 Å². The molecule has 1 rings (SSSR count). The standard InChI is InChI=1S/C10H16ClN3O3/c1-14(3-7(16)5-17-2)10-8(4-15)9(11)12-6-13-10/h6-7,15-16H,3-5H2,1-2H3. The predicted octanol–water partition coefficient (Wildman–Crippen LogP) is 0.0658. The van der Waals surface area contributed by atoms with E-state index in [1.165, 1.54) is 13.4 Å². The number of aliphatic hydroxyl groups is 2. The van der Waals surface area contributed by atoms with Gasteiger partial charge in [-0.05, 0) is 0 Å². The molecule has 1 unspecified atom stereocenters. The lowest BCUT2D eigenvalue weighted by atomic mass is 10.3. The molecule has 96 valence electrons. The maximum Gasteiger partial charge on any atom is 0.140 e. The maximum absolute atomic E-state index is 9.61. The van der Waals surface area contributed by atoms with E-state index in [0.29, 0.717) is 17.9 Å². The van der Waals surface area contributed by atoms with Crippen molar-refractivity contribution < 1.29 is 14.9 Å². The molecule has 0 aromatic carbocycles. The van der Waals surface area contributed by atoms with Crippen LogP contribution in [0.25, 0.3) is 0 Å². The largest absolute Gasteiger partial charge is 0.391 e. The Morgan fingerprint density at radius 2 is 2.24 bits per heavy atom. The Morgan fingerprint density at radius 1 is 1.53 bits per heavy atom. The molecule has 2 N–H and O–H groups in total. The third kappa shape index (κ3) is 3.78. The Bertz CT molecular complexity index is 365. The molecule has 0 saturated heterocycles. The number of ether oxygens (including phenoxy) is 1. The van der Waals surface area contributed by atoms with Crippen LogP contribution in [-0.4, -0.2) is 53.6 Å². The number of nitrogens with zero attached hydrogens (tertiary/aromatic N) is 3. The van der Waals surface area contributed by atoms with Gasteiger partial charge in [0.1, 0.15) is 17.3 Å². The van der Waals surface area contributed by atoms with Gasteiger partial charge in [0.25, 0.3) is 0 Å². The van der Waals surface area contributed by atoms with Crippen LogP contribution in [0.3, 0.4) is 0 Å². The smallest absolute Gasteiger partial charge is 0.140 e. The van der Waals surface area contributed by atoms with E-state index in [2.05, 4.69) is 9.97 Å². The quantitative estimate of drug-likeness (QED) is 0.706. The van der Waals surface area contributed by atoms with Crippen molar-refractivity contribution in [2.24, 2.45) is 0 Å². The molecule has 7 heteroatoms. The van der Waals surface area contributed by atoms with E-state index in [4.69, 9.17) is 16.3 Å². The minimum atomic E-state index is -0.634. The summed E-state index contributed by atoms with van der Waals surface area (Å²) in [5, 5.41) is 19.0. The van der Waals surface area contributed by atoms with Crippen LogP contribution in [0.1, 0.15) is 5.56 Å². The fourth-order valence-corrected chi connectivity index (χ4v) is 1.68. The maximum atomic E-state index is 9.61. The number of rotatable bonds is 6. The van der Waals surface area contributed by atoms with E-state index in [-0.39, 0.29) is 18.4 Å². The number of hydrogen-bond donors (Lipinski definition) is 2. The zero-order valence-corrected chi connectivity index (χ0v) is 10.6. The summed E-state index contributed by atoms with van der Waals surface area (Å²) in [6.07, 6.45) is 0.682. The van der Waals surface area contributed by atoms with Gasteiger partial charge >= 0.3 is 0 Å². The van der Waals surface area contributed by atoms with Crippen LogP contribution < -0.4 is 4.90 Å². The van der Waals surface area contributed by atoms with Crippen molar-refractivity contribution in [2.75, 3.05) is 32.2 Å². The summed E-state index contributed by atoms with van der Waals surface area (Å²) >= 11 is 5.85. The fourth-order valence-electron chi connectivity index (χ4n) is 1.49. The lowest BCUT2D eigenvalue weighted by Gasteiger charge is -2.23. The molecule has 0 fully saturated rings. The van der Waals surface area contributed by atoms with E-state index >= 15 is 0 Å². The van der Waals surface area contributed by atoms with Gasteiger partial charge in [0.05, 0.1) is 24.9 Å². The van der Waals surface area contributed by atoms with Crippen molar-refractivity contribution in [2.45, 2.75) is 12.7 Å². The monoisotopic (exact) mass is 261 g/mol. The van der Waals surface area contributed by atoms with Crippen LogP contribution in [0, 0.1) is 0 Å². The van der Waals surface area contributed by atoms with E-state index in [9.17, 15) is 10.2 Å². The highest BCUT2D eigenvalue weighted by Crippen LogP contribution is 2.22. The minimum absolute atomic E-state index is 0.214. The van der Waals surface area contributed by atoms with Gasteiger partial charge in [-0.3, -0.25) is 0 Å². The van der Waals surface area contributed by atoms with Crippen molar-refractivity contribution in [3.05, 3.63) is 17.0 Å². The summed E-state index contributed by atoms with van der Waals surface area (Å²) in [5.74, 6) is 0.502. The van der Waals surface area contributed by atoms with E-state index < -0.39 is 6.10 Å². The third-order valence-electron chi connectivity index (χ3n) is 2.23. The lowest BCUT2D eigenvalue weighted by Crippen LogP contribution is -2.33. The molecule has 0 bridgehead atoms. The van der Waals surface area contributed by atoms with Crippen molar-refractivity contribution >= 4 is 17.4 Å². The number of anilines is 1. The molecule has 1 heterocycles. The van der Waals surface area contributed by atoms with Gasteiger partial charge in [0, 0.05) is 20.7 Å². The van der Waals surface area contributed by atoms with Crippen LogP contribution in [0.15, 0.2) is 6.33 Å². The highest BCUT2D eigenvalue weighted by Gasteiger charge is 2.15. The first-order valence-electron chi connectivity index (χ1n) is 5.08. The zero-order valence-electron chi connectivity index (χ0n) is 9.80. The molecule has 0 amide bonds. The topological polar surface area (TPSA) is 78.7 Å². The Morgan fingerprint density at radius 3 is 2.82 bits per heavy atom. The summed E-state index contributed by atoms with van der Waals surface area (Å²) in [6.45, 7) is 0.311. The minimum Gasteiger partial charge on any atom is -0.391 e. The molecule has 1 aromatic rings. The second-order valence-corrected chi connectivity index (χ2v) is 3.97. The van der Waals surface area contributed by atoms with E-state index in [1.54, 1.807) is 11.9 Å². The Hall–Kier alpha value is -0.950. The number of aromatic nitrogens is 2. The highest BCUT2D eigenvalue weighted by molar-refractivity contribution is 6.30. The van der Waals surface area contributed by atoms with Crippen LogP contribution in [-0.2, 0) is 11.3 Å². The Labute approximate surface area is 105 Å². The van der Waals surface area contributed by atoms with Crippen molar-refractivity contribution in [1.82, 2.24) is 9.97 Å².